The van der Waals surface area contributed by atoms with Crippen LogP contribution in [0.3, 0.4) is 0 Å². The average Bonchev–Trinajstić information content (AvgIpc) is 2.50. The number of rotatable bonds is 14. The molecule has 136 valence electrons. The quantitative estimate of drug-likeness (QED) is 0.234. The van der Waals surface area contributed by atoms with Crippen LogP contribution in [0.4, 0.5) is 0 Å². The molecule has 0 fully saturated rings. The number of hydrogen-bond donors (Lipinski definition) is 0. The van der Waals surface area contributed by atoms with E-state index in [1.54, 1.807) is 6.92 Å². The van der Waals surface area contributed by atoms with Gasteiger partial charge in [0.15, 0.2) is 0 Å². The molecule has 0 aliphatic rings. The highest BCUT2D eigenvalue weighted by atomic mass is 16.5. The first-order chi connectivity index (χ1) is 10.8. The first-order valence-electron chi connectivity index (χ1n) is 9.31. The highest BCUT2D eigenvalue weighted by molar-refractivity contribution is 5.86. The van der Waals surface area contributed by atoms with Gasteiger partial charge < -0.3 is 9.47 Å². The van der Waals surface area contributed by atoms with E-state index in [0.717, 1.165) is 25.9 Å². The van der Waals surface area contributed by atoms with Crippen molar-refractivity contribution >= 4 is 5.97 Å². The first kappa shape index (κ1) is 22.2. The molecule has 0 aromatic heterocycles. The summed E-state index contributed by atoms with van der Waals surface area (Å²) in [7, 11) is 0. The summed E-state index contributed by atoms with van der Waals surface area (Å²) in [5, 5.41) is 0. The first-order valence-corrected chi connectivity index (χ1v) is 9.31. The minimum atomic E-state index is -0.302. The second-order valence-corrected chi connectivity index (χ2v) is 7.08. The second kappa shape index (κ2) is 12.6. The number of esters is 1. The van der Waals surface area contributed by atoms with Gasteiger partial charge in [0.05, 0.1) is 12.2 Å². The van der Waals surface area contributed by atoms with Crippen molar-refractivity contribution < 1.29 is 14.3 Å². The van der Waals surface area contributed by atoms with E-state index in [4.69, 9.17) is 9.47 Å². The average molecular weight is 327 g/mol. The molecule has 0 bridgehead atoms. The fourth-order valence-electron chi connectivity index (χ4n) is 2.59. The molecule has 0 aromatic carbocycles. The van der Waals surface area contributed by atoms with Crippen LogP contribution in [-0.2, 0) is 14.3 Å². The van der Waals surface area contributed by atoms with Crippen molar-refractivity contribution in [3.05, 3.63) is 12.2 Å². The van der Waals surface area contributed by atoms with Crippen molar-refractivity contribution in [1.29, 1.82) is 0 Å². The van der Waals surface area contributed by atoms with Gasteiger partial charge in [-0.3, -0.25) is 0 Å². The molecule has 0 saturated carbocycles. The summed E-state index contributed by atoms with van der Waals surface area (Å²) in [6.45, 7) is 15.1. The Morgan fingerprint density at radius 3 is 2.22 bits per heavy atom. The highest BCUT2D eigenvalue weighted by Crippen LogP contribution is 2.28. The van der Waals surface area contributed by atoms with E-state index in [2.05, 4.69) is 34.3 Å². The molecule has 3 heteroatoms. The lowest BCUT2D eigenvalue weighted by molar-refractivity contribution is -0.145. The molecule has 0 aliphatic heterocycles. The van der Waals surface area contributed by atoms with Crippen molar-refractivity contribution in [3.8, 4) is 0 Å². The van der Waals surface area contributed by atoms with Crippen molar-refractivity contribution in [2.75, 3.05) is 13.2 Å². The minimum absolute atomic E-state index is 0.225. The molecule has 0 N–H and O–H groups in total. The molecule has 0 rings (SSSR count). The van der Waals surface area contributed by atoms with Gasteiger partial charge in [-0.2, -0.15) is 0 Å². The number of ether oxygens (including phenoxy) is 2. The van der Waals surface area contributed by atoms with Gasteiger partial charge in [0.2, 0.25) is 0 Å². The third kappa shape index (κ3) is 10.5. The van der Waals surface area contributed by atoms with Crippen molar-refractivity contribution in [2.45, 2.75) is 91.6 Å². The van der Waals surface area contributed by atoms with Crippen LogP contribution < -0.4 is 0 Å². The molecule has 0 heterocycles. The third-order valence-corrected chi connectivity index (χ3v) is 4.33. The minimum Gasteiger partial charge on any atom is -0.462 e. The Bertz CT molecular complexity index is 334. The van der Waals surface area contributed by atoms with Crippen LogP contribution in [0.5, 0.6) is 0 Å². The molecule has 1 unspecified atom stereocenters. The summed E-state index contributed by atoms with van der Waals surface area (Å²) in [6, 6.07) is 0. The van der Waals surface area contributed by atoms with Crippen LogP contribution in [0.2, 0.25) is 0 Å². The van der Waals surface area contributed by atoms with Crippen molar-refractivity contribution in [3.63, 3.8) is 0 Å². The Kier molecular flexibility index (Phi) is 12.1. The van der Waals surface area contributed by atoms with Gasteiger partial charge in [0.1, 0.15) is 0 Å². The molecule has 0 aliphatic carbocycles. The molecule has 23 heavy (non-hydrogen) atoms. The number of carbonyl (C=O) groups excluding carboxylic acids is 1. The van der Waals surface area contributed by atoms with Gasteiger partial charge in [0.25, 0.3) is 0 Å². The standard InChI is InChI=1S/C20H38O3/c1-7-9-10-11-12-13-14-18(16-22-19(21)17(3)4)20(5,6)23-15-8-2/h18H,3,7-16H2,1-2,4-6H3. The van der Waals surface area contributed by atoms with Gasteiger partial charge in [0, 0.05) is 18.1 Å². The Labute approximate surface area is 143 Å². The number of unbranched alkanes of at least 4 members (excludes halogenated alkanes) is 5. The van der Waals surface area contributed by atoms with Crippen molar-refractivity contribution in [1.82, 2.24) is 0 Å². The van der Waals surface area contributed by atoms with Gasteiger partial charge in [-0.1, -0.05) is 59.0 Å². The van der Waals surface area contributed by atoms with Crippen molar-refractivity contribution in [2.24, 2.45) is 5.92 Å². The molecule has 1 atom stereocenters. The predicted molar refractivity (Wildman–Crippen MR) is 97.6 cm³/mol. The van der Waals surface area contributed by atoms with Crippen LogP contribution >= 0.6 is 0 Å². The summed E-state index contributed by atoms with van der Waals surface area (Å²) >= 11 is 0. The zero-order valence-electron chi connectivity index (χ0n) is 16.1. The van der Waals surface area contributed by atoms with Crippen LogP contribution in [0.25, 0.3) is 0 Å². The van der Waals surface area contributed by atoms with Crippen LogP contribution in [0.1, 0.15) is 86.0 Å². The Morgan fingerprint density at radius 1 is 1.04 bits per heavy atom. The Hall–Kier alpha value is -0.830. The maximum absolute atomic E-state index is 11.7. The Morgan fingerprint density at radius 2 is 1.65 bits per heavy atom. The third-order valence-electron chi connectivity index (χ3n) is 4.33. The molecule has 0 saturated heterocycles. The molecular formula is C20H38O3. The summed E-state index contributed by atoms with van der Waals surface area (Å²) in [5.74, 6) is -0.0761. The summed E-state index contributed by atoms with van der Waals surface area (Å²) < 4.78 is 11.4. The van der Waals surface area contributed by atoms with Gasteiger partial charge in [-0.25, -0.2) is 4.79 Å². The zero-order chi connectivity index (χ0) is 17.7. The largest absolute Gasteiger partial charge is 0.462 e. The Balaban J connectivity index is 4.42. The number of carbonyl (C=O) groups is 1. The van der Waals surface area contributed by atoms with Crippen LogP contribution in [0.15, 0.2) is 12.2 Å². The van der Waals surface area contributed by atoms with E-state index in [0.29, 0.717) is 12.2 Å². The second-order valence-electron chi connectivity index (χ2n) is 7.08. The van der Waals surface area contributed by atoms with Crippen LogP contribution in [0, 0.1) is 5.92 Å². The molecule has 0 spiro atoms. The van der Waals surface area contributed by atoms with Crippen LogP contribution in [-0.4, -0.2) is 24.8 Å². The molecule has 0 aromatic rings. The van der Waals surface area contributed by atoms with E-state index >= 15 is 0 Å². The normalized spacial score (nSPS) is 12.9. The van der Waals surface area contributed by atoms with E-state index in [1.807, 2.05) is 0 Å². The van der Waals surface area contributed by atoms with E-state index in [1.165, 1.54) is 32.1 Å². The monoisotopic (exact) mass is 326 g/mol. The summed E-state index contributed by atoms with van der Waals surface area (Å²) in [4.78, 5) is 11.7. The summed E-state index contributed by atoms with van der Waals surface area (Å²) in [5.41, 5.74) is 0.185. The maximum atomic E-state index is 11.7. The van der Waals surface area contributed by atoms with E-state index in [-0.39, 0.29) is 17.5 Å². The van der Waals surface area contributed by atoms with E-state index in [9.17, 15) is 4.79 Å². The lowest BCUT2D eigenvalue weighted by Gasteiger charge is -2.34. The van der Waals surface area contributed by atoms with Gasteiger partial charge in [-0.05, 0) is 33.6 Å². The molecule has 3 nitrogen and oxygen atoms in total. The maximum Gasteiger partial charge on any atom is 0.333 e. The predicted octanol–water partition coefficient (Wildman–Crippen LogP) is 5.68. The SMILES string of the molecule is C=C(C)C(=O)OCC(CCCCCCCC)C(C)(C)OCCC. The molecule has 0 radical (unpaired) electrons. The van der Waals surface area contributed by atoms with Gasteiger partial charge in [-0.15, -0.1) is 0 Å². The smallest absolute Gasteiger partial charge is 0.333 e. The fraction of sp³-hybridized carbons (Fsp3) is 0.850. The lowest BCUT2D eigenvalue weighted by atomic mass is 9.86. The lowest BCUT2D eigenvalue weighted by Crippen LogP contribution is -2.38. The number of hydrogen-bond acceptors (Lipinski definition) is 3. The molecule has 0 amide bonds. The van der Waals surface area contributed by atoms with Gasteiger partial charge >= 0.3 is 5.97 Å². The molecular weight excluding hydrogens is 288 g/mol. The highest BCUT2D eigenvalue weighted by Gasteiger charge is 2.31. The topological polar surface area (TPSA) is 35.5 Å². The zero-order valence-corrected chi connectivity index (χ0v) is 16.1. The fourth-order valence-corrected chi connectivity index (χ4v) is 2.59. The summed E-state index contributed by atoms with van der Waals surface area (Å²) in [6.07, 6.45) is 9.66. The van der Waals surface area contributed by atoms with E-state index < -0.39 is 0 Å².